The molecule has 0 fully saturated rings. The highest BCUT2D eigenvalue weighted by atomic mass is 35.5. The van der Waals surface area contributed by atoms with Crippen LogP contribution >= 0.6 is 11.6 Å². The number of amides is 1. The van der Waals surface area contributed by atoms with E-state index in [4.69, 9.17) is 17.4 Å². The van der Waals surface area contributed by atoms with Gasteiger partial charge in [-0.05, 0) is 10.5 Å². The molecule has 0 saturated carbocycles. The molecule has 1 heterocycles. The van der Waals surface area contributed by atoms with E-state index in [-0.39, 0.29) is 5.02 Å². The fourth-order valence-electron chi connectivity index (χ4n) is 1.75. The maximum absolute atomic E-state index is 11.9. The van der Waals surface area contributed by atoms with Crippen molar-refractivity contribution >= 4 is 23.3 Å². The average molecular weight is 296 g/mol. The number of nitrogens with zero attached hydrogens (tertiary/aromatic N) is 3. The van der Waals surface area contributed by atoms with E-state index >= 15 is 0 Å². The monoisotopic (exact) mass is 295 g/mol. The molecule has 0 saturated heterocycles. The van der Waals surface area contributed by atoms with Crippen LogP contribution in [-0.2, 0) is 4.79 Å². The maximum Gasteiger partial charge on any atom is 0.408 e. The van der Waals surface area contributed by atoms with Gasteiger partial charge in [0, 0.05) is 0 Å². The highest BCUT2D eigenvalue weighted by molar-refractivity contribution is 6.32. The van der Waals surface area contributed by atoms with Crippen LogP contribution < -0.4 is 11.3 Å². The summed E-state index contributed by atoms with van der Waals surface area (Å²) >= 11 is 5.73. The van der Waals surface area contributed by atoms with Crippen LogP contribution in [0.25, 0.3) is 0 Å². The minimum atomic E-state index is -0.938. The van der Waals surface area contributed by atoms with Gasteiger partial charge in [0.25, 0.3) is 5.91 Å². The fourth-order valence-corrected chi connectivity index (χ4v) is 1.96. The number of nitrogens with one attached hydrogen (secondary N) is 1. The second-order valence-electron chi connectivity index (χ2n) is 3.86. The zero-order chi connectivity index (χ0) is 14.7. The quantitative estimate of drug-likeness (QED) is 0.378. The molecule has 0 spiro atoms. The summed E-state index contributed by atoms with van der Waals surface area (Å²) in [7, 11) is 0. The number of halogens is 1. The normalized spacial score (nSPS) is 11.9. The molecule has 9 heteroatoms. The van der Waals surface area contributed by atoms with Gasteiger partial charge in [0.1, 0.15) is 0 Å². The number of nitro groups is 1. The molecule has 1 aromatic carbocycles. The van der Waals surface area contributed by atoms with Crippen LogP contribution in [0.3, 0.4) is 0 Å². The molecule has 0 aliphatic carbocycles. The van der Waals surface area contributed by atoms with E-state index in [1.807, 2.05) is 5.43 Å². The summed E-state index contributed by atoms with van der Waals surface area (Å²) < 4.78 is 1.11. The van der Waals surface area contributed by atoms with E-state index in [1.165, 1.54) is 6.20 Å². The Morgan fingerprint density at radius 3 is 2.60 bits per heavy atom. The molecule has 0 bridgehead atoms. The highest BCUT2D eigenvalue weighted by Crippen LogP contribution is 2.26. The number of benzene rings is 1. The van der Waals surface area contributed by atoms with Gasteiger partial charge in [0.05, 0.1) is 11.3 Å². The first kappa shape index (κ1) is 14.0. The van der Waals surface area contributed by atoms with Gasteiger partial charge >= 0.3 is 5.82 Å². The first-order chi connectivity index (χ1) is 9.54. The first-order valence-corrected chi connectivity index (χ1v) is 5.87. The Balaban J connectivity index is 2.50. The largest absolute Gasteiger partial charge is 0.408 e. The number of hydrazine groups is 1. The van der Waals surface area contributed by atoms with E-state index in [1.54, 1.807) is 30.3 Å². The van der Waals surface area contributed by atoms with Gasteiger partial charge in [0.15, 0.2) is 11.1 Å². The molecular weight excluding hydrogens is 286 g/mol. The van der Waals surface area contributed by atoms with Crippen LogP contribution in [-0.4, -0.2) is 20.6 Å². The van der Waals surface area contributed by atoms with Gasteiger partial charge in [-0.25, -0.2) is 5.84 Å². The molecule has 1 amide bonds. The highest BCUT2D eigenvalue weighted by Gasteiger charge is 2.29. The van der Waals surface area contributed by atoms with Crippen LogP contribution in [0.4, 0.5) is 5.82 Å². The van der Waals surface area contributed by atoms with Crippen LogP contribution in [0.1, 0.15) is 11.6 Å². The molecule has 8 nitrogen and oxygen atoms in total. The van der Waals surface area contributed by atoms with Crippen molar-refractivity contribution in [3.8, 4) is 0 Å². The topological polar surface area (TPSA) is 116 Å². The molecule has 1 atom stereocenters. The van der Waals surface area contributed by atoms with Crippen LogP contribution in [0.5, 0.6) is 0 Å². The van der Waals surface area contributed by atoms with Crippen molar-refractivity contribution in [2.75, 3.05) is 0 Å². The zero-order valence-electron chi connectivity index (χ0n) is 10.1. The third-order valence-corrected chi connectivity index (χ3v) is 2.88. The molecule has 1 unspecified atom stereocenters. The maximum atomic E-state index is 11.9. The third-order valence-electron chi connectivity index (χ3n) is 2.61. The molecule has 2 aromatic rings. The zero-order valence-corrected chi connectivity index (χ0v) is 10.8. The number of carbonyl (C=O) groups is 1. The Bertz CT molecular complexity index is 643. The van der Waals surface area contributed by atoms with E-state index in [9.17, 15) is 14.9 Å². The summed E-state index contributed by atoms with van der Waals surface area (Å²) in [5, 5.41) is 14.3. The van der Waals surface area contributed by atoms with Crippen LogP contribution in [0.2, 0.25) is 5.02 Å². The smallest absolute Gasteiger partial charge is 0.358 e. The third kappa shape index (κ3) is 2.60. The van der Waals surface area contributed by atoms with Crippen molar-refractivity contribution < 1.29 is 9.72 Å². The number of rotatable bonds is 4. The lowest BCUT2D eigenvalue weighted by Gasteiger charge is -2.12. The van der Waals surface area contributed by atoms with Crippen molar-refractivity contribution in [1.82, 2.24) is 15.2 Å². The Morgan fingerprint density at radius 1 is 1.45 bits per heavy atom. The second kappa shape index (κ2) is 5.68. The predicted molar refractivity (Wildman–Crippen MR) is 70.8 cm³/mol. The van der Waals surface area contributed by atoms with Crippen molar-refractivity contribution in [3.05, 3.63) is 57.2 Å². The Hall–Kier alpha value is -2.45. The van der Waals surface area contributed by atoms with Gasteiger partial charge in [-0.1, -0.05) is 41.9 Å². The van der Waals surface area contributed by atoms with E-state index in [2.05, 4.69) is 5.10 Å². The van der Waals surface area contributed by atoms with Crippen LogP contribution in [0.15, 0.2) is 36.5 Å². The summed E-state index contributed by atoms with van der Waals surface area (Å²) in [5.74, 6) is 4.06. The molecule has 0 radical (unpaired) electrons. The Labute approximate surface area is 118 Å². The molecule has 1 aromatic heterocycles. The summed E-state index contributed by atoms with van der Waals surface area (Å²) in [5.41, 5.74) is 2.58. The minimum absolute atomic E-state index is 0.152. The predicted octanol–water partition coefficient (Wildman–Crippen LogP) is 1.02. The summed E-state index contributed by atoms with van der Waals surface area (Å²) in [6.07, 6.45) is 1.21. The van der Waals surface area contributed by atoms with Gasteiger partial charge in [0.2, 0.25) is 0 Å². The average Bonchev–Trinajstić information content (AvgIpc) is 2.82. The minimum Gasteiger partial charge on any atom is -0.358 e. The lowest BCUT2D eigenvalue weighted by Crippen LogP contribution is -2.37. The van der Waals surface area contributed by atoms with Gasteiger partial charge < -0.3 is 10.1 Å². The summed E-state index contributed by atoms with van der Waals surface area (Å²) in [6.45, 7) is 0. The van der Waals surface area contributed by atoms with Crippen LogP contribution in [0, 0.1) is 10.1 Å². The van der Waals surface area contributed by atoms with Crippen molar-refractivity contribution in [2.45, 2.75) is 6.04 Å². The summed E-state index contributed by atoms with van der Waals surface area (Å²) in [6, 6.07) is 7.66. The van der Waals surface area contributed by atoms with Gasteiger partial charge in [-0.15, -0.1) is 0 Å². The first-order valence-electron chi connectivity index (χ1n) is 5.49. The van der Waals surface area contributed by atoms with Gasteiger partial charge in [-0.2, -0.15) is 4.68 Å². The molecular formula is C11H10ClN5O3. The molecule has 0 aliphatic rings. The Morgan fingerprint density at radius 2 is 2.10 bits per heavy atom. The van der Waals surface area contributed by atoms with Crippen molar-refractivity contribution in [2.24, 2.45) is 5.84 Å². The van der Waals surface area contributed by atoms with E-state index < -0.39 is 22.7 Å². The molecule has 3 N–H and O–H groups in total. The number of carbonyl (C=O) groups excluding carboxylic acids is 1. The summed E-state index contributed by atoms with van der Waals surface area (Å²) in [4.78, 5) is 21.9. The van der Waals surface area contributed by atoms with Crippen molar-refractivity contribution in [3.63, 3.8) is 0 Å². The van der Waals surface area contributed by atoms with E-state index in [0.717, 1.165) is 4.68 Å². The SMILES string of the molecule is NNC(=O)C(c1ccccc1)n1cc(Cl)c([N+](=O)[O-])n1. The van der Waals surface area contributed by atoms with E-state index in [0.29, 0.717) is 5.56 Å². The number of hydrogen-bond donors (Lipinski definition) is 2. The molecule has 20 heavy (non-hydrogen) atoms. The second-order valence-corrected chi connectivity index (χ2v) is 4.27. The lowest BCUT2D eigenvalue weighted by molar-refractivity contribution is -0.389. The standard InChI is InChI=1S/C11H10ClN5O3/c12-8-6-16(15-10(8)17(19)20)9(11(18)14-13)7-4-2-1-3-5-7/h1-6,9H,13H2,(H,14,18). The number of aromatic nitrogens is 2. The fraction of sp³-hybridized carbons (Fsp3) is 0.0909. The number of nitrogens with two attached hydrogens (primary N) is 1. The van der Waals surface area contributed by atoms with Gasteiger partial charge in [-0.3, -0.25) is 10.2 Å². The number of hydrogen-bond acceptors (Lipinski definition) is 5. The lowest BCUT2D eigenvalue weighted by atomic mass is 10.1. The molecule has 0 aliphatic heterocycles. The van der Waals surface area contributed by atoms with Crippen molar-refractivity contribution in [1.29, 1.82) is 0 Å². The Kier molecular flexibility index (Phi) is 3.97. The molecule has 2 rings (SSSR count). The molecule has 104 valence electrons.